The lowest BCUT2D eigenvalue weighted by Gasteiger charge is -2.31. The van der Waals surface area contributed by atoms with Crippen molar-refractivity contribution in [2.24, 2.45) is 11.3 Å². The molecular formula is C17H34O3. The van der Waals surface area contributed by atoms with Crippen LogP contribution in [-0.2, 0) is 9.47 Å². The maximum atomic E-state index is 11.8. The lowest BCUT2D eigenvalue weighted by molar-refractivity contribution is -0.0390. The summed E-state index contributed by atoms with van der Waals surface area (Å²) < 4.78 is 10.7. The van der Waals surface area contributed by atoms with Crippen molar-refractivity contribution in [1.82, 2.24) is 0 Å². The van der Waals surface area contributed by atoms with Gasteiger partial charge in [0, 0.05) is 0 Å². The summed E-state index contributed by atoms with van der Waals surface area (Å²) in [4.78, 5) is 11.8. The standard InChI is InChI=1S/C17H34O3/c1-8-10-11-14(9-2)12-19-15(18)20-17(6,7)13-16(3,4)5/h14H,8-13H2,1-7H3. The van der Waals surface area contributed by atoms with Gasteiger partial charge in [0.2, 0.25) is 0 Å². The third kappa shape index (κ3) is 10.1. The Morgan fingerprint density at radius 1 is 1.10 bits per heavy atom. The molecule has 120 valence electrons. The molecule has 0 amide bonds. The summed E-state index contributed by atoms with van der Waals surface area (Å²) in [6, 6.07) is 0. The lowest BCUT2D eigenvalue weighted by Crippen LogP contribution is -2.33. The number of hydrogen-bond acceptors (Lipinski definition) is 3. The maximum absolute atomic E-state index is 11.8. The van der Waals surface area contributed by atoms with Crippen LogP contribution in [0, 0.1) is 11.3 Å². The van der Waals surface area contributed by atoms with Gasteiger partial charge in [-0.2, -0.15) is 0 Å². The van der Waals surface area contributed by atoms with Crippen LogP contribution in [0.15, 0.2) is 0 Å². The molecule has 3 nitrogen and oxygen atoms in total. The molecule has 1 atom stereocenters. The highest BCUT2D eigenvalue weighted by molar-refractivity contribution is 5.60. The Morgan fingerprint density at radius 3 is 2.15 bits per heavy atom. The highest BCUT2D eigenvalue weighted by atomic mass is 16.7. The summed E-state index contributed by atoms with van der Waals surface area (Å²) in [7, 11) is 0. The Labute approximate surface area is 125 Å². The Hall–Kier alpha value is -0.730. The minimum absolute atomic E-state index is 0.122. The van der Waals surface area contributed by atoms with Gasteiger partial charge in [0.1, 0.15) is 5.60 Å². The van der Waals surface area contributed by atoms with Crippen molar-refractivity contribution in [3.8, 4) is 0 Å². The second kappa shape index (κ2) is 8.53. The molecule has 0 aliphatic rings. The van der Waals surface area contributed by atoms with Gasteiger partial charge in [0.15, 0.2) is 0 Å². The smallest absolute Gasteiger partial charge is 0.434 e. The summed E-state index contributed by atoms with van der Waals surface area (Å²) in [5.41, 5.74) is -0.364. The van der Waals surface area contributed by atoms with Crippen molar-refractivity contribution in [2.75, 3.05) is 6.61 Å². The van der Waals surface area contributed by atoms with Gasteiger partial charge in [0.25, 0.3) is 0 Å². The molecule has 0 fully saturated rings. The van der Waals surface area contributed by atoms with E-state index in [0.29, 0.717) is 12.5 Å². The highest BCUT2D eigenvalue weighted by Crippen LogP contribution is 2.29. The van der Waals surface area contributed by atoms with Crippen LogP contribution in [0.25, 0.3) is 0 Å². The summed E-state index contributed by atoms with van der Waals surface area (Å²) in [5.74, 6) is 0.452. The molecule has 0 heterocycles. The van der Waals surface area contributed by atoms with E-state index in [4.69, 9.17) is 9.47 Å². The van der Waals surface area contributed by atoms with Crippen molar-refractivity contribution in [3.05, 3.63) is 0 Å². The van der Waals surface area contributed by atoms with Crippen molar-refractivity contribution >= 4 is 6.16 Å². The molecule has 0 saturated heterocycles. The molecule has 0 saturated carbocycles. The van der Waals surface area contributed by atoms with Gasteiger partial charge in [-0.25, -0.2) is 4.79 Å². The molecule has 0 radical (unpaired) electrons. The van der Waals surface area contributed by atoms with E-state index in [1.807, 2.05) is 13.8 Å². The first-order valence-electron chi connectivity index (χ1n) is 7.95. The third-order valence-corrected chi connectivity index (χ3v) is 3.30. The molecule has 1 unspecified atom stereocenters. The van der Waals surface area contributed by atoms with Crippen LogP contribution in [0.4, 0.5) is 4.79 Å². The fourth-order valence-corrected chi connectivity index (χ4v) is 2.65. The van der Waals surface area contributed by atoms with Crippen LogP contribution in [0.3, 0.4) is 0 Å². The Bertz CT molecular complexity index is 276. The van der Waals surface area contributed by atoms with Crippen LogP contribution in [0.1, 0.15) is 80.6 Å². The van der Waals surface area contributed by atoms with E-state index in [0.717, 1.165) is 19.3 Å². The normalized spacial score (nSPS) is 13.9. The third-order valence-electron chi connectivity index (χ3n) is 3.30. The maximum Gasteiger partial charge on any atom is 0.508 e. The van der Waals surface area contributed by atoms with Crippen LogP contribution in [0.5, 0.6) is 0 Å². The first-order valence-corrected chi connectivity index (χ1v) is 7.95. The van der Waals surface area contributed by atoms with Gasteiger partial charge in [-0.3, -0.25) is 0 Å². The van der Waals surface area contributed by atoms with Crippen molar-refractivity contribution in [2.45, 2.75) is 86.2 Å². The van der Waals surface area contributed by atoms with Gasteiger partial charge in [-0.05, 0) is 38.0 Å². The molecule has 0 aliphatic carbocycles. The quantitative estimate of drug-likeness (QED) is 0.547. The number of carbonyl (C=O) groups is 1. The van der Waals surface area contributed by atoms with Gasteiger partial charge in [0.05, 0.1) is 6.61 Å². The molecular weight excluding hydrogens is 252 g/mol. The van der Waals surface area contributed by atoms with Crippen LogP contribution < -0.4 is 0 Å². The molecule has 0 N–H and O–H groups in total. The van der Waals surface area contributed by atoms with E-state index < -0.39 is 11.8 Å². The topological polar surface area (TPSA) is 35.5 Å². The van der Waals surface area contributed by atoms with Crippen molar-refractivity contribution < 1.29 is 14.3 Å². The first-order chi connectivity index (χ1) is 9.09. The molecule has 0 rings (SSSR count). The average Bonchev–Trinajstić information content (AvgIpc) is 2.25. The SMILES string of the molecule is CCCCC(CC)COC(=O)OC(C)(C)CC(C)(C)C. The van der Waals surface area contributed by atoms with Crippen molar-refractivity contribution in [3.63, 3.8) is 0 Å². The van der Waals surface area contributed by atoms with Crippen molar-refractivity contribution in [1.29, 1.82) is 0 Å². The molecule has 0 aliphatic heterocycles. The zero-order valence-electron chi connectivity index (χ0n) is 14.5. The van der Waals surface area contributed by atoms with E-state index in [-0.39, 0.29) is 5.41 Å². The fourth-order valence-electron chi connectivity index (χ4n) is 2.65. The van der Waals surface area contributed by atoms with E-state index in [9.17, 15) is 4.79 Å². The molecule has 0 bridgehead atoms. The molecule has 3 heteroatoms. The number of carbonyl (C=O) groups excluding carboxylic acids is 1. The van der Waals surface area contributed by atoms with Gasteiger partial charge in [-0.1, -0.05) is 53.9 Å². The monoisotopic (exact) mass is 286 g/mol. The lowest BCUT2D eigenvalue weighted by atomic mass is 9.84. The zero-order valence-corrected chi connectivity index (χ0v) is 14.5. The second-order valence-electron chi connectivity index (χ2n) is 7.58. The number of unbranched alkanes of at least 4 members (excludes halogenated alkanes) is 1. The van der Waals surface area contributed by atoms with E-state index in [1.165, 1.54) is 12.8 Å². The Kier molecular flexibility index (Phi) is 8.22. The summed E-state index contributed by atoms with van der Waals surface area (Å²) >= 11 is 0. The largest absolute Gasteiger partial charge is 0.508 e. The second-order valence-corrected chi connectivity index (χ2v) is 7.58. The summed E-state index contributed by atoms with van der Waals surface area (Å²) in [5, 5.41) is 0. The van der Waals surface area contributed by atoms with Gasteiger partial charge >= 0.3 is 6.16 Å². The molecule has 0 aromatic carbocycles. The average molecular weight is 286 g/mol. The summed E-state index contributed by atoms with van der Waals surface area (Å²) in [6.07, 6.45) is 4.80. The van der Waals surface area contributed by atoms with Crippen LogP contribution >= 0.6 is 0 Å². The molecule has 0 aromatic rings. The first kappa shape index (κ1) is 19.3. The minimum atomic E-state index is -0.533. The van der Waals surface area contributed by atoms with E-state index >= 15 is 0 Å². The van der Waals surface area contributed by atoms with E-state index in [2.05, 4.69) is 34.6 Å². The van der Waals surface area contributed by atoms with E-state index in [1.54, 1.807) is 0 Å². The fraction of sp³-hybridized carbons (Fsp3) is 0.941. The highest BCUT2D eigenvalue weighted by Gasteiger charge is 2.29. The number of rotatable bonds is 8. The van der Waals surface area contributed by atoms with Crippen LogP contribution in [-0.4, -0.2) is 18.4 Å². The number of ether oxygens (including phenoxy) is 2. The predicted molar refractivity (Wildman–Crippen MR) is 83.9 cm³/mol. The van der Waals surface area contributed by atoms with Crippen LogP contribution in [0.2, 0.25) is 0 Å². The molecule has 20 heavy (non-hydrogen) atoms. The Balaban J connectivity index is 4.15. The number of hydrogen-bond donors (Lipinski definition) is 0. The molecule has 0 aromatic heterocycles. The molecule has 0 spiro atoms. The zero-order chi connectivity index (χ0) is 15.8. The van der Waals surface area contributed by atoms with Gasteiger partial charge in [-0.15, -0.1) is 0 Å². The Morgan fingerprint density at radius 2 is 1.70 bits per heavy atom. The summed E-state index contributed by atoms with van der Waals surface area (Å²) in [6.45, 7) is 15.1. The minimum Gasteiger partial charge on any atom is -0.434 e. The predicted octanol–water partition coefficient (Wildman–Crippen LogP) is 5.57. The van der Waals surface area contributed by atoms with Gasteiger partial charge < -0.3 is 9.47 Å².